The molecule has 0 saturated carbocycles. The van der Waals surface area contributed by atoms with Gasteiger partial charge in [-0.3, -0.25) is 4.79 Å². The number of pyridine rings is 1. The van der Waals surface area contributed by atoms with Gasteiger partial charge in [0, 0.05) is 17.3 Å². The standard InChI is InChI=1S/C23H21FN4O/c1-23(2,3)17-8-4-14(5-9-17)21-27-19-10-6-15(12-18(19)22(29)28(21)25)16-7-11-20(24)26-13-16/h4-13H,25H2,1-3H3. The van der Waals surface area contributed by atoms with E-state index in [0.717, 1.165) is 15.8 Å². The van der Waals surface area contributed by atoms with Gasteiger partial charge in [-0.25, -0.2) is 14.6 Å². The zero-order chi connectivity index (χ0) is 20.8. The van der Waals surface area contributed by atoms with Crippen LogP contribution in [0.15, 0.2) is 65.6 Å². The zero-order valence-electron chi connectivity index (χ0n) is 16.5. The second-order valence-electron chi connectivity index (χ2n) is 8.04. The molecule has 29 heavy (non-hydrogen) atoms. The van der Waals surface area contributed by atoms with Crippen molar-refractivity contribution < 1.29 is 4.39 Å². The molecular formula is C23H21FN4O. The normalized spacial score (nSPS) is 11.7. The first-order valence-corrected chi connectivity index (χ1v) is 9.29. The molecule has 0 aliphatic heterocycles. The molecule has 0 aliphatic rings. The van der Waals surface area contributed by atoms with E-state index >= 15 is 0 Å². The number of benzene rings is 2. The van der Waals surface area contributed by atoms with Crippen LogP contribution in [-0.2, 0) is 5.41 Å². The molecule has 0 amide bonds. The summed E-state index contributed by atoms with van der Waals surface area (Å²) in [5.41, 5.74) is 3.64. The summed E-state index contributed by atoms with van der Waals surface area (Å²) in [6.07, 6.45) is 1.43. The van der Waals surface area contributed by atoms with Crippen molar-refractivity contribution in [3.63, 3.8) is 0 Å². The Labute approximate surface area is 167 Å². The summed E-state index contributed by atoms with van der Waals surface area (Å²) in [5, 5.41) is 0.393. The van der Waals surface area contributed by atoms with Crippen molar-refractivity contribution in [3.8, 4) is 22.5 Å². The van der Waals surface area contributed by atoms with E-state index in [-0.39, 0.29) is 11.0 Å². The number of hydrogen-bond acceptors (Lipinski definition) is 4. The van der Waals surface area contributed by atoms with Gasteiger partial charge >= 0.3 is 0 Å². The van der Waals surface area contributed by atoms with Gasteiger partial charge in [0.05, 0.1) is 10.9 Å². The maximum absolute atomic E-state index is 13.1. The molecule has 0 saturated heterocycles. The minimum absolute atomic E-state index is 0.0311. The summed E-state index contributed by atoms with van der Waals surface area (Å²) in [4.78, 5) is 21.2. The van der Waals surface area contributed by atoms with Crippen molar-refractivity contribution in [1.82, 2.24) is 14.6 Å². The van der Waals surface area contributed by atoms with Crippen molar-refractivity contribution in [3.05, 3.63) is 82.7 Å². The Morgan fingerprint density at radius 3 is 2.21 bits per heavy atom. The van der Waals surface area contributed by atoms with Crippen LogP contribution in [0, 0.1) is 5.95 Å². The Morgan fingerprint density at radius 1 is 0.931 bits per heavy atom. The van der Waals surface area contributed by atoms with Gasteiger partial charge in [-0.1, -0.05) is 51.1 Å². The maximum atomic E-state index is 13.1. The molecule has 5 nitrogen and oxygen atoms in total. The van der Waals surface area contributed by atoms with Crippen LogP contribution in [0.5, 0.6) is 0 Å². The van der Waals surface area contributed by atoms with E-state index in [1.807, 2.05) is 30.3 Å². The first-order chi connectivity index (χ1) is 13.7. The molecule has 0 bridgehead atoms. The van der Waals surface area contributed by atoms with E-state index in [2.05, 4.69) is 30.7 Å². The van der Waals surface area contributed by atoms with Gasteiger partial charge in [0.15, 0.2) is 5.82 Å². The van der Waals surface area contributed by atoms with Crippen LogP contribution in [0.2, 0.25) is 0 Å². The van der Waals surface area contributed by atoms with Gasteiger partial charge in [0.25, 0.3) is 5.56 Å². The van der Waals surface area contributed by atoms with Crippen LogP contribution in [0.25, 0.3) is 33.4 Å². The summed E-state index contributed by atoms with van der Waals surface area (Å²) in [6, 6.07) is 16.1. The predicted molar refractivity (Wildman–Crippen MR) is 113 cm³/mol. The molecule has 2 heterocycles. The quantitative estimate of drug-likeness (QED) is 0.411. The third-order valence-electron chi connectivity index (χ3n) is 4.97. The molecule has 0 aliphatic carbocycles. The van der Waals surface area contributed by atoms with Crippen LogP contribution < -0.4 is 11.4 Å². The number of nitrogen functional groups attached to an aromatic ring is 1. The Kier molecular flexibility index (Phi) is 4.42. The van der Waals surface area contributed by atoms with Crippen LogP contribution >= 0.6 is 0 Å². The summed E-state index contributed by atoms with van der Waals surface area (Å²) in [7, 11) is 0. The Bertz CT molecular complexity index is 1250. The van der Waals surface area contributed by atoms with E-state index < -0.39 is 5.95 Å². The van der Waals surface area contributed by atoms with Crippen molar-refractivity contribution >= 4 is 10.9 Å². The Hall–Kier alpha value is -3.54. The Balaban J connectivity index is 1.82. The summed E-state index contributed by atoms with van der Waals surface area (Å²) in [6.45, 7) is 6.43. The van der Waals surface area contributed by atoms with Crippen molar-refractivity contribution in [2.24, 2.45) is 0 Å². The maximum Gasteiger partial charge on any atom is 0.280 e. The first-order valence-electron chi connectivity index (χ1n) is 9.29. The second-order valence-corrected chi connectivity index (χ2v) is 8.04. The van der Waals surface area contributed by atoms with E-state index in [1.54, 1.807) is 18.2 Å². The number of nitrogens with two attached hydrogens (primary N) is 1. The molecule has 146 valence electrons. The highest BCUT2D eigenvalue weighted by atomic mass is 19.1. The molecule has 0 radical (unpaired) electrons. The lowest BCUT2D eigenvalue weighted by Gasteiger charge is -2.19. The predicted octanol–water partition coefficient (Wildman–Crippen LogP) is 4.28. The molecule has 0 fully saturated rings. The van der Waals surface area contributed by atoms with Crippen LogP contribution in [-0.4, -0.2) is 14.6 Å². The SMILES string of the molecule is CC(C)(C)c1ccc(-c2nc3ccc(-c4ccc(F)nc4)cc3c(=O)n2N)cc1. The van der Waals surface area contributed by atoms with Gasteiger partial charge < -0.3 is 5.84 Å². The minimum Gasteiger partial charge on any atom is -0.334 e. The average molecular weight is 388 g/mol. The molecule has 2 aromatic carbocycles. The zero-order valence-corrected chi connectivity index (χ0v) is 16.5. The fourth-order valence-electron chi connectivity index (χ4n) is 3.25. The van der Waals surface area contributed by atoms with Gasteiger partial charge in [-0.2, -0.15) is 4.39 Å². The second kappa shape index (κ2) is 6.81. The molecular weight excluding hydrogens is 367 g/mol. The first kappa shape index (κ1) is 18.8. The van der Waals surface area contributed by atoms with Gasteiger partial charge in [0.1, 0.15) is 0 Å². The lowest BCUT2D eigenvalue weighted by molar-refractivity contribution is 0.584. The van der Waals surface area contributed by atoms with E-state index in [4.69, 9.17) is 5.84 Å². The van der Waals surface area contributed by atoms with Crippen molar-refractivity contribution in [1.29, 1.82) is 0 Å². The van der Waals surface area contributed by atoms with Crippen molar-refractivity contribution in [2.75, 3.05) is 5.84 Å². The third-order valence-corrected chi connectivity index (χ3v) is 4.97. The van der Waals surface area contributed by atoms with Crippen molar-refractivity contribution in [2.45, 2.75) is 26.2 Å². The summed E-state index contributed by atoms with van der Waals surface area (Å²) >= 11 is 0. The molecule has 2 N–H and O–H groups in total. The van der Waals surface area contributed by atoms with Crippen LogP contribution in [0.4, 0.5) is 4.39 Å². The summed E-state index contributed by atoms with van der Waals surface area (Å²) in [5.74, 6) is 5.94. The molecule has 2 aromatic heterocycles. The van der Waals surface area contributed by atoms with Gasteiger partial charge in [-0.15, -0.1) is 0 Å². The molecule has 6 heteroatoms. The number of rotatable bonds is 2. The number of aromatic nitrogens is 3. The molecule has 0 spiro atoms. The number of halogens is 1. The fraction of sp³-hybridized carbons (Fsp3) is 0.174. The lowest BCUT2D eigenvalue weighted by Crippen LogP contribution is -2.30. The van der Waals surface area contributed by atoms with Gasteiger partial charge in [0.2, 0.25) is 5.95 Å². The highest BCUT2D eigenvalue weighted by molar-refractivity contribution is 5.85. The summed E-state index contributed by atoms with van der Waals surface area (Å²) < 4.78 is 14.1. The molecule has 0 unspecified atom stereocenters. The number of fused-ring (bicyclic) bond motifs is 1. The molecule has 0 atom stereocenters. The average Bonchev–Trinajstić information content (AvgIpc) is 2.70. The molecule has 4 rings (SSSR count). The minimum atomic E-state index is -0.553. The van der Waals surface area contributed by atoms with E-state index in [9.17, 15) is 9.18 Å². The van der Waals surface area contributed by atoms with Crippen LogP contribution in [0.3, 0.4) is 0 Å². The topological polar surface area (TPSA) is 73.8 Å². The Morgan fingerprint density at radius 2 is 1.59 bits per heavy atom. The lowest BCUT2D eigenvalue weighted by atomic mass is 9.86. The number of hydrogen-bond donors (Lipinski definition) is 1. The highest BCUT2D eigenvalue weighted by Crippen LogP contribution is 2.26. The third kappa shape index (κ3) is 3.49. The smallest absolute Gasteiger partial charge is 0.280 e. The highest BCUT2D eigenvalue weighted by Gasteiger charge is 2.16. The van der Waals surface area contributed by atoms with Crippen LogP contribution in [0.1, 0.15) is 26.3 Å². The molecule has 4 aromatic rings. The monoisotopic (exact) mass is 388 g/mol. The largest absolute Gasteiger partial charge is 0.334 e. The van der Waals surface area contributed by atoms with E-state index in [0.29, 0.717) is 22.3 Å². The number of nitrogens with zero attached hydrogens (tertiary/aromatic N) is 3. The van der Waals surface area contributed by atoms with Gasteiger partial charge in [-0.05, 0) is 40.8 Å². The fourth-order valence-corrected chi connectivity index (χ4v) is 3.25. The van der Waals surface area contributed by atoms with E-state index in [1.165, 1.54) is 17.8 Å².